The van der Waals surface area contributed by atoms with Gasteiger partial charge in [-0.3, -0.25) is 4.79 Å². The summed E-state index contributed by atoms with van der Waals surface area (Å²) >= 11 is 12.6. The molecule has 0 aliphatic heterocycles. The van der Waals surface area contributed by atoms with E-state index in [1.165, 1.54) is 11.6 Å². The molecule has 8 heteroatoms. The minimum atomic E-state index is -1.02. The maximum Gasteiger partial charge on any atom is 0.343 e. The maximum absolute atomic E-state index is 12.7. The highest BCUT2D eigenvalue weighted by molar-refractivity contribution is 6.33. The number of ether oxygens (including phenoxy) is 1. The van der Waals surface area contributed by atoms with Gasteiger partial charge in [-0.05, 0) is 56.5 Å². The Morgan fingerprint density at radius 1 is 1.13 bits per heavy atom. The third-order valence-electron chi connectivity index (χ3n) is 4.85. The fraction of sp³-hybridized carbons (Fsp3) is 0.261. The lowest BCUT2D eigenvalue weighted by molar-refractivity contribution is -0.123. The van der Waals surface area contributed by atoms with E-state index in [1.54, 1.807) is 13.0 Å². The number of rotatable bonds is 6. The summed E-state index contributed by atoms with van der Waals surface area (Å²) in [5, 5.41) is 7.84. The topological polar surface area (TPSA) is 73.2 Å². The van der Waals surface area contributed by atoms with Gasteiger partial charge in [0.15, 0.2) is 6.10 Å². The van der Waals surface area contributed by atoms with Crippen LogP contribution < -0.4 is 5.32 Å². The molecule has 3 rings (SSSR count). The molecule has 0 saturated carbocycles. The summed E-state index contributed by atoms with van der Waals surface area (Å²) in [6.07, 6.45) is -1.02. The largest absolute Gasteiger partial charge is 0.449 e. The molecular formula is C23H23Cl2N3O3. The number of amides is 1. The van der Waals surface area contributed by atoms with Crippen LogP contribution in [-0.2, 0) is 16.1 Å². The molecule has 0 saturated heterocycles. The summed E-state index contributed by atoms with van der Waals surface area (Å²) in [5.41, 5.74) is 3.95. The van der Waals surface area contributed by atoms with Gasteiger partial charge in [-0.25, -0.2) is 9.48 Å². The van der Waals surface area contributed by atoms with Crippen molar-refractivity contribution in [1.82, 2.24) is 9.78 Å². The maximum atomic E-state index is 12.7. The molecule has 0 spiro atoms. The number of hydrogen-bond acceptors (Lipinski definition) is 4. The minimum Gasteiger partial charge on any atom is -0.449 e. The number of anilines is 1. The molecule has 3 aromatic rings. The van der Waals surface area contributed by atoms with Gasteiger partial charge in [-0.15, -0.1) is 0 Å². The molecule has 2 aromatic carbocycles. The van der Waals surface area contributed by atoms with E-state index < -0.39 is 18.0 Å². The Balaban J connectivity index is 1.72. The van der Waals surface area contributed by atoms with Crippen LogP contribution in [0.25, 0.3) is 0 Å². The molecule has 0 fully saturated rings. The Kier molecular flexibility index (Phi) is 7.03. The van der Waals surface area contributed by atoms with E-state index in [0.717, 1.165) is 16.7 Å². The smallest absolute Gasteiger partial charge is 0.343 e. The van der Waals surface area contributed by atoms with Gasteiger partial charge in [-0.1, -0.05) is 53.5 Å². The van der Waals surface area contributed by atoms with Crippen LogP contribution in [0.15, 0.2) is 42.5 Å². The number of nitrogens with zero attached hydrogens (tertiary/aromatic N) is 2. The molecule has 1 atom stereocenters. The monoisotopic (exact) mass is 459 g/mol. The summed E-state index contributed by atoms with van der Waals surface area (Å²) in [6.45, 7) is 7.29. The second-order valence-electron chi connectivity index (χ2n) is 7.36. The SMILES string of the molecule is Cc1ccc(C)c(NC(=O)C(C)OC(=O)c2c(C)nn(Cc3ccccc3Cl)c2Cl)c1. The molecule has 31 heavy (non-hydrogen) atoms. The van der Waals surface area contributed by atoms with Crippen molar-refractivity contribution in [2.75, 3.05) is 5.32 Å². The highest BCUT2D eigenvalue weighted by Crippen LogP contribution is 2.24. The van der Waals surface area contributed by atoms with Crippen LogP contribution in [0.3, 0.4) is 0 Å². The van der Waals surface area contributed by atoms with Gasteiger partial charge >= 0.3 is 5.97 Å². The number of carbonyl (C=O) groups excluding carboxylic acids is 2. The molecule has 1 amide bonds. The average Bonchev–Trinajstić information content (AvgIpc) is 2.99. The van der Waals surface area contributed by atoms with E-state index in [4.69, 9.17) is 27.9 Å². The quantitative estimate of drug-likeness (QED) is 0.504. The zero-order chi connectivity index (χ0) is 22.7. The first kappa shape index (κ1) is 22.8. The summed E-state index contributed by atoms with van der Waals surface area (Å²) < 4.78 is 6.86. The first-order valence-corrected chi connectivity index (χ1v) is 10.5. The van der Waals surface area contributed by atoms with Crippen molar-refractivity contribution in [3.63, 3.8) is 0 Å². The lowest BCUT2D eigenvalue weighted by atomic mass is 10.1. The van der Waals surface area contributed by atoms with Gasteiger partial charge in [-0.2, -0.15) is 5.10 Å². The number of nitrogens with one attached hydrogen (secondary N) is 1. The van der Waals surface area contributed by atoms with Crippen molar-refractivity contribution in [3.8, 4) is 0 Å². The predicted octanol–water partition coefficient (Wildman–Crippen LogP) is 5.35. The molecule has 0 bridgehead atoms. The van der Waals surface area contributed by atoms with E-state index in [9.17, 15) is 9.59 Å². The van der Waals surface area contributed by atoms with Gasteiger partial charge in [0, 0.05) is 10.7 Å². The molecule has 1 aromatic heterocycles. The number of hydrogen-bond donors (Lipinski definition) is 1. The van der Waals surface area contributed by atoms with E-state index in [0.29, 0.717) is 22.9 Å². The van der Waals surface area contributed by atoms with Crippen LogP contribution in [0.5, 0.6) is 0 Å². The molecule has 1 N–H and O–H groups in total. The van der Waals surface area contributed by atoms with Crippen molar-refractivity contribution in [1.29, 1.82) is 0 Å². The number of aromatic nitrogens is 2. The number of esters is 1. The molecular weight excluding hydrogens is 437 g/mol. The third-order valence-corrected chi connectivity index (χ3v) is 5.60. The van der Waals surface area contributed by atoms with Gasteiger partial charge in [0.25, 0.3) is 5.91 Å². The fourth-order valence-electron chi connectivity index (χ4n) is 3.06. The van der Waals surface area contributed by atoms with Crippen molar-refractivity contribution in [2.45, 2.75) is 40.3 Å². The summed E-state index contributed by atoms with van der Waals surface area (Å²) in [6, 6.07) is 13.0. The predicted molar refractivity (Wildman–Crippen MR) is 122 cm³/mol. The van der Waals surface area contributed by atoms with Crippen molar-refractivity contribution >= 4 is 40.8 Å². The van der Waals surface area contributed by atoms with Crippen LogP contribution in [0.2, 0.25) is 10.2 Å². The highest BCUT2D eigenvalue weighted by atomic mass is 35.5. The van der Waals surface area contributed by atoms with Gasteiger partial charge in [0.2, 0.25) is 0 Å². The molecule has 0 aliphatic rings. The summed E-state index contributed by atoms with van der Waals surface area (Å²) in [5.74, 6) is -1.14. The fourth-order valence-corrected chi connectivity index (χ4v) is 3.56. The zero-order valence-electron chi connectivity index (χ0n) is 17.7. The van der Waals surface area contributed by atoms with E-state index in [-0.39, 0.29) is 10.7 Å². The number of benzene rings is 2. The molecule has 6 nitrogen and oxygen atoms in total. The Hall–Kier alpha value is -2.83. The van der Waals surface area contributed by atoms with Crippen molar-refractivity contribution in [2.24, 2.45) is 0 Å². The summed E-state index contributed by atoms with van der Waals surface area (Å²) in [4.78, 5) is 25.3. The second kappa shape index (κ2) is 9.54. The van der Waals surface area contributed by atoms with Gasteiger partial charge < -0.3 is 10.1 Å². The van der Waals surface area contributed by atoms with Crippen molar-refractivity contribution < 1.29 is 14.3 Å². The summed E-state index contributed by atoms with van der Waals surface area (Å²) in [7, 11) is 0. The Morgan fingerprint density at radius 3 is 2.55 bits per heavy atom. The average molecular weight is 460 g/mol. The number of aryl methyl sites for hydroxylation is 3. The normalized spacial score (nSPS) is 11.8. The highest BCUT2D eigenvalue weighted by Gasteiger charge is 2.26. The second-order valence-corrected chi connectivity index (χ2v) is 8.12. The van der Waals surface area contributed by atoms with E-state index in [1.807, 2.05) is 50.2 Å². The standard InChI is InChI=1S/C23H23Cl2N3O3/c1-13-9-10-14(2)19(11-13)26-22(29)16(4)31-23(30)20-15(3)27-28(21(20)25)12-17-7-5-6-8-18(17)24/h5-11,16H,12H2,1-4H3,(H,26,29). The molecule has 1 heterocycles. The van der Waals surface area contributed by atoms with E-state index >= 15 is 0 Å². The van der Waals surface area contributed by atoms with Crippen LogP contribution in [-0.4, -0.2) is 27.8 Å². The third kappa shape index (κ3) is 5.27. The zero-order valence-corrected chi connectivity index (χ0v) is 19.2. The number of halogens is 2. The van der Waals surface area contributed by atoms with E-state index in [2.05, 4.69) is 10.4 Å². The van der Waals surface area contributed by atoms with Crippen molar-refractivity contribution in [3.05, 3.63) is 80.6 Å². The van der Waals surface area contributed by atoms with Gasteiger partial charge in [0.05, 0.1) is 12.2 Å². The van der Waals surface area contributed by atoms with Gasteiger partial charge in [0.1, 0.15) is 10.7 Å². The lowest BCUT2D eigenvalue weighted by Gasteiger charge is -2.15. The first-order chi connectivity index (χ1) is 14.7. The molecule has 0 radical (unpaired) electrons. The lowest BCUT2D eigenvalue weighted by Crippen LogP contribution is -2.30. The minimum absolute atomic E-state index is 0.125. The van der Waals surface area contributed by atoms with Crippen LogP contribution in [0.4, 0.5) is 5.69 Å². The molecule has 162 valence electrons. The Labute approximate surface area is 191 Å². The first-order valence-electron chi connectivity index (χ1n) is 9.72. The molecule has 1 unspecified atom stereocenters. The van der Waals surface area contributed by atoms with Crippen LogP contribution in [0, 0.1) is 20.8 Å². The molecule has 0 aliphatic carbocycles. The number of carbonyl (C=O) groups is 2. The Morgan fingerprint density at radius 2 is 1.84 bits per heavy atom. The van der Waals surface area contributed by atoms with Crippen LogP contribution in [0.1, 0.15) is 39.7 Å². The van der Waals surface area contributed by atoms with Crippen LogP contribution >= 0.6 is 23.2 Å². The Bertz CT molecular complexity index is 1140.